The first kappa shape index (κ1) is 17.6. The van der Waals surface area contributed by atoms with Gasteiger partial charge in [0, 0.05) is 14.1 Å². The molecule has 0 saturated carbocycles. The molecule has 0 aliphatic heterocycles. The van der Waals surface area contributed by atoms with Gasteiger partial charge >= 0.3 is 12.0 Å². The Morgan fingerprint density at radius 1 is 1.26 bits per heavy atom. The van der Waals surface area contributed by atoms with E-state index < -0.39 is 24.1 Å². The number of amides is 3. The van der Waals surface area contributed by atoms with E-state index in [0.29, 0.717) is 12.2 Å². The number of carbonyl (C=O) groups excluding carboxylic acids is 2. The SMILES string of the molecule is CSCC[C@@H](NC(=O)NC(C)C(=O)N(C)C)C(=O)O. The van der Waals surface area contributed by atoms with Crippen molar-refractivity contribution in [2.45, 2.75) is 25.4 Å². The lowest BCUT2D eigenvalue weighted by molar-refractivity contribution is -0.139. The molecule has 0 heterocycles. The van der Waals surface area contributed by atoms with Crippen LogP contribution in [-0.2, 0) is 9.59 Å². The molecule has 0 aromatic heterocycles. The van der Waals surface area contributed by atoms with E-state index in [1.54, 1.807) is 21.0 Å². The normalized spacial score (nSPS) is 13.3. The van der Waals surface area contributed by atoms with Crippen LogP contribution in [0.2, 0.25) is 0 Å². The third-order valence-electron chi connectivity index (χ3n) is 2.37. The van der Waals surface area contributed by atoms with Crippen LogP contribution in [0, 0.1) is 0 Å². The molecule has 7 nitrogen and oxygen atoms in total. The summed E-state index contributed by atoms with van der Waals surface area (Å²) in [6.45, 7) is 1.54. The molecule has 19 heavy (non-hydrogen) atoms. The Hall–Kier alpha value is -1.44. The predicted molar refractivity (Wildman–Crippen MR) is 74.2 cm³/mol. The minimum atomic E-state index is -1.09. The highest BCUT2D eigenvalue weighted by atomic mass is 32.2. The molecule has 0 saturated heterocycles. The van der Waals surface area contributed by atoms with Crippen LogP contribution < -0.4 is 10.6 Å². The summed E-state index contributed by atoms with van der Waals surface area (Å²) in [5.41, 5.74) is 0. The maximum atomic E-state index is 11.6. The van der Waals surface area contributed by atoms with Crippen molar-refractivity contribution in [1.29, 1.82) is 0 Å². The van der Waals surface area contributed by atoms with Gasteiger partial charge in [0.2, 0.25) is 5.91 Å². The summed E-state index contributed by atoms with van der Waals surface area (Å²) in [7, 11) is 3.16. The Labute approximate surface area is 117 Å². The fraction of sp³-hybridized carbons (Fsp3) is 0.727. The number of rotatable bonds is 7. The maximum absolute atomic E-state index is 11.6. The topological polar surface area (TPSA) is 98.7 Å². The van der Waals surface area contributed by atoms with E-state index in [1.807, 2.05) is 6.26 Å². The third kappa shape index (κ3) is 6.90. The van der Waals surface area contributed by atoms with Gasteiger partial charge in [0.15, 0.2) is 0 Å². The van der Waals surface area contributed by atoms with Gasteiger partial charge in [-0.2, -0.15) is 11.8 Å². The molecule has 0 aromatic rings. The van der Waals surface area contributed by atoms with Gasteiger partial charge in [-0.1, -0.05) is 0 Å². The summed E-state index contributed by atoms with van der Waals surface area (Å²) < 4.78 is 0. The summed E-state index contributed by atoms with van der Waals surface area (Å²) in [5, 5.41) is 13.7. The van der Waals surface area contributed by atoms with Gasteiger partial charge in [0.05, 0.1) is 0 Å². The number of hydrogen-bond acceptors (Lipinski definition) is 4. The minimum Gasteiger partial charge on any atom is -0.480 e. The Kier molecular flexibility index (Phi) is 7.97. The second kappa shape index (κ2) is 8.63. The van der Waals surface area contributed by atoms with Gasteiger partial charge in [-0.25, -0.2) is 9.59 Å². The summed E-state index contributed by atoms with van der Waals surface area (Å²) in [6.07, 6.45) is 2.19. The Morgan fingerprint density at radius 2 is 1.84 bits per heavy atom. The number of thioether (sulfide) groups is 1. The number of hydrogen-bond donors (Lipinski definition) is 3. The zero-order valence-corrected chi connectivity index (χ0v) is 12.4. The highest BCUT2D eigenvalue weighted by molar-refractivity contribution is 7.98. The van der Waals surface area contributed by atoms with E-state index >= 15 is 0 Å². The van der Waals surface area contributed by atoms with E-state index in [2.05, 4.69) is 10.6 Å². The Bertz CT molecular complexity index is 336. The summed E-state index contributed by atoms with van der Waals surface area (Å²) in [6, 6.07) is -2.31. The molecule has 3 amide bonds. The van der Waals surface area contributed by atoms with Crippen molar-refractivity contribution < 1.29 is 19.5 Å². The van der Waals surface area contributed by atoms with Crippen LogP contribution in [0.3, 0.4) is 0 Å². The predicted octanol–water partition coefficient (Wildman–Crippen LogP) is -0.0314. The first-order valence-electron chi connectivity index (χ1n) is 5.79. The molecule has 0 fully saturated rings. The summed E-state index contributed by atoms with van der Waals surface area (Å²) >= 11 is 1.50. The van der Waals surface area contributed by atoms with E-state index in [9.17, 15) is 14.4 Å². The molecular weight excluding hydrogens is 270 g/mol. The largest absolute Gasteiger partial charge is 0.480 e. The maximum Gasteiger partial charge on any atom is 0.326 e. The molecule has 0 aliphatic carbocycles. The molecule has 110 valence electrons. The van der Waals surface area contributed by atoms with Crippen LogP contribution in [0.25, 0.3) is 0 Å². The van der Waals surface area contributed by atoms with Gasteiger partial charge in [-0.05, 0) is 25.4 Å². The fourth-order valence-electron chi connectivity index (χ4n) is 1.34. The first-order chi connectivity index (χ1) is 8.79. The van der Waals surface area contributed by atoms with Gasteiger partial charge < -0.3 is 20.6 Å². The average molecular weight is 291 g/mol. The van der Waals surface area contributed by atoms with Crippen LogP contribution >= 0.6 is 11.8 Å². The zero-order chi connectivity index (χ0) is 15.0. The van der Waals surface area contributed by atoms with Crippen LogP contribution in [-0.4, -0.2) is 66.1 Å². The summed E-state index contributed by atoms with van der Waals surface area (Å²) in [4.78, 5) is 35.4. The van der Waals surface area contributed by atoms with E-state index in [1.165, 1.54) is 16.7 Å². The van der Waals surface area contributed by atoms with Gasteiger partial charge in [-0.15, -0.1) is 0 Å². The molecule has 3 N–H and O–H groups in total. The molecule has 0 spiro atoms. The van der Waals surface area contributed by atoms with Gasteiger partial charge in [0.1, 0.15) is 12.1 Å². The van der Waals surface area contributed by atoms with Crippen LogP contribution in [0.1, 0.15) is 13.3 Å². The smallest absolute Gasteiger partial charge is 0.326 e. The number of likely N-dealkylation sites (N-methyl/N-ethyl adjacent to an activating group) is 1. The van der Waals surface area contributed by atoms with Crippen molar-refractivity contribution in [3.05, 3.63) is 0 Å². The lowest BCUT2D eigenvalue weighted by atomic mass is 10.2. The van der Waals surface area contributed by atoms with Crippen molar-refractivity contribution in [3.63, 3.8) is 0 Å². The monoisotopic (exact) mass is 291 g/mol. The number of carboxylic acids is 1. The van der Waals surface area contributed by atoms with E-state index in [4.69, 9.17) is 5.11 Å². The second-order valence-corrected chi connectivity index (χ2v) is 5.23. The minimum absolute atomic E-state index is 0.258. The van der Waals surface area contributed by atoms with Crippen LogP contribution in [0.15, 0.2) is 0 Å². The molecule has 1 unspecified atom stereocenters. The molecule has 0 rings (SSSR count). The molecule has 0 bridgehead atoms. The van der Waals surface area contributed by atoms with Crippen LogP contribution in [0.4, 0.5) is 4.79 Å². The molecule has 8 heteroatoms. The molecular formula is C11H21N3O4S. The Morgan fingerprint density at radius 3 is 2.26 bits per heavy atom. The highest BCUT2D eigenvalue weighted by Gasteiger charge is 2.22. The van der Waals surface area contributed by atoms with E-state index in [-0.39, 0.29) is 5.91 Å². The van der Waals surface area contributed by atoms with Crippen LogP contribution in [0.5, 0.6) is 0 Å². The number of carbonyl (C=O) groups is 3. The lowest BCUT2D eigenvalue weighted by Gasteiger charge is -2.20. The van der Waals surface area contributed by atoms with Crippen molar-refractivity contribution in [2.75, 3.05) is 26.1 Å². The van der Waals surface area contributed by atoms with Gasteiger partial charge in [0.25, 0.3) is 0 Å². The lowest BCUT2D eigenvalue weighted by Crippen LogP contribution is -2.52. The second-order valence-electron chi connectivity index (χ2n) is 4.24. The quantitative estimate of drug-likeness (QED) is 0.612. The van der Waals surface area contributed by atoms with Gasteiger partial charge in [-0.3, -0.25) is 4.79 Å². The van der Waals surface area contributed by atoms with E-state index in [0.717, 1.165) is 0 Å². The average Bonchev–Trinajstić information content (AvgIpc) is 2.32. The summed E-state index contributed by atoms with van der Waals surface area (Å²) in [5.74, 6) is -0.717. The number of urea groups is 1. The number of nitrogens with one attached hydrogen (secondary N) is 2. The number of carboxylic acid groups (broad SMARTS) is 1. The first-order valence-corrected chi connectivity index (χ1v) is 7.19. The third-order valence-corrected chi connectivity index (χ3v) is 3.02. The molecule has 2 atom stereocenters. The molecule has 0 aromatic carbocycles. The van der Waals surface area contributed by atoms with Crippen molar-refractivity contribution in [3.8, 4) is 0 Å². The number of nitrogens with zero attached hydrogens (tertiary/aromatic N) is 1. The number of aliphatic carboxylic acids is 1. The van der Waals surface area contributed by atoms with Crippen molar-refractivity contribution in [1.82, 2.24) is 15.5 Å². The zero-order valence-electron chi connectivity index (χ0n) is 11.6. The molecule has 0 aliphatic rings. The fourth-order valence-corrected chi connectivity index (χ4v) is 1.81. The Balaban J connectivity index is 4.33. The molecule has 0 radical (unpaired) electrons. The highest BCUT2D eigenvalue weighted by Crippen LogP contribution is 2.01. The van der Waals surface area contributed by atoms with Crippen molar-refractivity contribution in [2.24, 2.45) is 0 Å². The standard InChI is InChI=1S/C11H21N3O4S/c1-7(9(15)14(2)3)12-11(18)13-8(10(16)17)5-6-19-4/h7-8H,5-6H2,1-4H3,(H,16,17)(H2,12,13,18)/t7?,8-/m1/s1. The van der Waals surface area contributed by atoms with Crippen molar-refractivity contribution >= 4 is 29.7 Å².